The minimum Gasteiger partial charge on any atom is -0.359 e. The van der Waals surface area contributed by atoms with E-state index >= 15 is 0 Å². The zero-order chi connectivity index (χ0) is 28.0. The first-order valence-corrected chi connectivity index (χ1v) is 14.4. The van der Waals surface area contributed by atoms with Crippen molar-refractivity contribution in [2.24, 2.45) is 11.8 Å². The van der Waals surface area contributed by atoms with E-state index in [1.807, 2.05) is 36.4 Å². The Hall–Kier alpha value is -3.52. The zero-order valence-corrected chi connectivity index (χ0v) is 22.9. The van der Waals surface area contributed by atoms with Gasteiger partial charge in [-0.15, -0.1) is 0 Å². The second-order valence-electron chi connectivity index (χ2n) is 11.9. The van der Waals surface area contributed by atoms with Crippen LogP contribution < -0.4 is 10.6 Å². The standard InChI is InChI=1S/C32H36FN3O4/c1-19(2)21-10-14-24(15-11-21)34-29(37)26-25-16-17-32(40-25)27(26)31(39)36(18-20-8-12-22(33)13-9-20)28(32)30(38)35-23-6-4-3-5-7-23/h8-17,19,23,25-28H,3-7,18H2,1-2H3,(H,34,37)(H,35,38)/t25-,26-,27-,28-,32-/m1/s1. The van der Waals surface area contributed by atoms with Gasteiger partial charge in [0.05, 0.1) is 17.9 Å². The summed E-state index contributed by atoms with van der Waals surface area (Å²) in [6.07, 6.45) is 8.11. The fraction of sp³-hybridized carbons (Fsp3) is 0.469. The number of ether oxygens (including phenoxy) is 1. The van der Waals surface area contributed by atoms with Crippen molar-refractivity contribution in [3.63, 3.8) is 0 Å². The topological polar surface area (TPSA) is 87.7 Å². The van der Waals surface area contributed by atoms with Gasteiger partial charge in [0.15, 0.2) is 0 Å². The van der Waals surface area contributed by atoms with Gasteiger partial charge in [0, 0.05) is 18.3 Å². The predicted molar refractivity (Wildman–Crippen MR) is 149 cm³/mol. The molecule has 2 saturated heterocycles. The van der Waals surface area contributed by atoms with Crippen molar-refractivity contribution in [2.45, 2.75) is 82.2 Å². The van der Waals surface area contributed by atoms with Crippen molar-refractivity contribution in [1.82, 2.24) is 10.2 Å². The summed E-state index contributed by atoms with van der Waals surface area (Å²) in [5.41, 5.74) is 1.28. The van der Waals surface area contributed by atoms with E-state index in [-0.39, 0.29) is 36.1 Å². The predicted octanol–water partition coefficient (Wildman–Crippen LogP) is 4.69. The van der Waals surface area contributed by atoms with Crippen LogP contribution >= 0.6 is 0 Å². The van der Waals surface area contributed by atoms with E-state index in [0.29, 0.717) is 17.2 Å². The minimum atomic E-state index is -1.23. The smallest absolute Gasteiger partial charge is 0.246 e. The molecule has 7 nitrogen and oxygen atoms in total. The molecule has 2 N–H and O–H groups in total. The summed E-state index contributed by atoms with van der Waals surface area (Å²) >= 11 is 0. The molecule has 1 spiro atoms. The average Bonchev–Trinajstić information content (AvgIpc) is 3.58. The fourth-order valence-electron chi connectivity index (χ4n) is 6.93. The van der Waals surface area contributed by atoms with Gasteiger partial charge in [-0.3, -0.25) is 14.4 Å². The first kappa shape index (κ1) is 26.7. The van der Waals surface area contributed by atoms with Crippen LogP contribution in [0.5, 0.6) is 0 Å². The summed E-state index contributed by atoms with van der Waals surface area (Å²) in [6, 6.07) is 12.7. The van der Waals surface area contributed by atoms with Gasteiger partial charge >= 0.3 is 0 Å². The van der Waals surface area contributed by atoms with Crippen molar-refractivity contribution in [1.29, 1.82) is 0 Å². The van der Waals surface area contributed by atoms with Crippen LogP contribution in [-0.4, -0.2) is 46.4 Å². The lowest BCUT2D eigenvalue weighted by molar-refractivity contribution is -0.142. The highest BCUT2D eigenvalue weighted by atomic mass is 19.1. The van der Waals surface area contributed by atoms with E-state index in [1.165, 1.54) is 17.0 Å². The monoisotopic (exact) mass is 545 g/mol. The Kier molecular flexibility index (Phi) is 6.98. The van der Waals surface area contributed by atoms with E-state index in [9.17, 15) is 18.8 Å². The molecule has 3 aliphatic heterocycles. The Balaban J connectivity index is 1.30. The SMILES string of the molecule is CC(C)c1ccc(NC(=O)[C@@H]2[C@H]3C=C[C@@]4(O3)[C@H]2C(=O)N(Cc2ccc(F)cc2)[C@@H]4C(=O)NC2CCCCC2)cc1. The number of anilines is 1. The molecule has 6 rings (SSSR count). The summed E-state index contributed by atoms with van der Waals surface area (Å²) in [5, 5.41) is 6.17. The van der Waals surface area contributed by atoms with Crippen LogP contribution in [0.2, 0.25) is 0 Å². The molecular formula is C32H36FN3O4. The summed E-state index contributed by atoms with van der Waals surface area (Å²) in [4.78, 5) is 43.2. The highest BCUT2D eigenvalue weighted by Crippen LogP contribution is 2.55. The number of nitrogens with one attached hydrogen (secondary N) is 2. The molecule has 2 bridgehead atoms. The van der Waals surface area contributed by atoms with Crippen LogP contribution in [0, 0.1) is 17.7 Å². The molecule has 3 fully saturated rings. The molecule has 0 radical (unpaired) electrons. The molecule has 3 heterocycles. The van der Waals surface area contributed by atoms with Crippen LogP contribution in [0.3, 0.4) is 0 Å². The summed E-state index contributed by atoms with van der Waals surface area (Å²) in [5.74, 6) is -2.47. The summed E-state index contributed by atoms with van der Waals surface area (Å²) in [6.45, 7) is 4.33. The number of likely N-dealkylation sites (tertiary alicyclic amines) is 1. The number of amides is 3. The molecule has 2 aromatic carbocycles. The van der Waals surface area contributed by atoms with Crippen LogP contribution in [0.15, 0.2) is 60.7 Å². The Bertz CT molecular complexity index is 1320. The van der Waals surface area contributed by atoms with Crippen molar-refractivity contribution in [3.8, 4) is 0 Å². The van der Waals surface area contributed by atoms with Gasteiger partial charge in [0.25, 0.3) is 0 Å². The number of hydrogen-bond acceptors (Lipinski definition) is 4. The highest BCUT2D eigenvalue weighted by molar-refractivity contribution is 6.02. The van der Waals surface area contributed by atoms with Gasteiger partial charge in [0.1, 0.15) is 17.5 Å². The molecule has 1 saturated carbocycles. The third kappa shape index (κ3) is 4.62. The minimum absolute atomic E-state index is 0.0509. The van der Waals surface area contributed by atoms with Crippen molar-refractivity contribution >= 4 is 23.4 Å². The molecule has 210 valence electrons. The Labute approximate surface area is 234 Å². The lowest BCUT2D eigenvalue weighted by Gasteiger charge is -2.34. The largest absolute Gasteiger partial charge is 0.359 e. The number of carbonyl (C=O) groups is 3. The number of fused-ring (bicyclic) bond motifs is 1. The number of rotatable bonds is 7. The first-order chi connectivity index (χ1) is 19.3. The average molecular weight is 546 g/mol. The number of halogens is 1. The van der Waals surface area contributed by atoms with Crippen LogP contribution in [0.4, 0.5) is 10.1 Å². The van der Waals surface area contributed by atoms with Crippen LogP contribution in [-0.2, 0) is 25.7 Å². The van der Waals surface area contributed by atoms with Crippen LogP contribution in [0.1, 0.15) is 63.0 Å². The third-order valence-corrected chi connectivity index (χ3v) is 8.99. The Morgan fingerprint density at radius 3 is 2.40 bits per heavy atom. The van der Waals surface area contributed by atoms with Gasteiger partial charge in [-0.1, -0.05) is 69.5 Å². The highest BCUT2D eigenvalue weighted by Gasteiger charge is 2.72. The molecule has 2 aromatic rings. The maximum Gasteiger partial charge on any atom is 0.246 e. The third-order valence-electron chi connectivity index (χ3n) is 8.99. The molecule has 3 amide bonds. The summed E-state index contributed by atoms with van der Waals surface area (Å²) < 4.78 is 20.0. The number of benzene rings is 2. The molecular weight excluding hydrogens is 509 g/mol. The maximum absolute atomic E-state index is 14.1. The van der Waals surface area contributed by atoms with E-state index in [2.05, 4.69) is 24.5 Å². The van der Waals surface area contributed by atoms with E-state index < -0.39 is 29.6 Å². The fourth-order valence-corrected chi connectivity index (χ4v) is 6.93. The van der Waals surface area contributed by atoms with E-state index in [1.54, 1.807) is 12.1 Å². The van der Waals surface area contributed by atoms with E-state index in [0.717, 1.165) is 37.7 Å². The number of carbonyl (C=O) groups excluding carboxylic acids is 3. The van der Waals surface area contributed by atoms with Gasteiger partial charge in [-0.05, 0) is 54.2 Å². The molecule has 1 aliphatic carbocycles. The van der Waals surface area contributed by atoms with Crippen molar-refractivity contribution in [2.75, 3.05) is 5.32 Å². The molecule has 40 heavy (non-hydrogen) atoms. The maximum atomic E-state index is 14.1. The normalized spacial score (nSPS) is 29.2. The van der Waals surface area contributed by atoms with Crippen molar-refractivity contribution in [3.05, 3.63) is 77.6 Å². The number of hydrogen-bond donors (Lipinski definition) is 2. The molecule has 0 aromatic heterocycles. The lowest BCUT2D eigenvalue weighted by Crippen LogP contribution is -2.56. The second kappa shape index (κ2) is 10.5. The number of nitrogens with zero attached hydrogens (tertiary/aromatic N) is 1. The summed E-state index contributed by atoms with van der Waals surface area (Å²) in [7, 11) is 0. The van der Waals surface area contributed by atoms with Crippen molar-refractivity contribution < 1.29 is 23.5 Å². The molecule has 8 heteroatoms. The molecule has 5 atom stereocenters. The van der Waals surface area contributed by atoms with Gasteiger partial charge in [-0.2, -0.15) is 0 Å². The Morgan fingerprint density at radius 2 is 1.73 bits per heavy atom. The second-order valence-corrected chi connectivity index (χ2v) is 11.9. The first-order valence-electron chi connectivity index (χ1n) is 14.4. The molecule has 0 unspecified atom stereocenters. The quantitative estimate of drug-likeness (QED) is 0.495. The Morgan fingerprint density at radius 1 is 1.02 bits per heavy atom. The van der Waals surface area contributed by atoms with Gasteiger partial charge in [0.2, 0.25) is 17.7 Å². The van der Waals surface area contributed by atoms with E-state index in [4.69, 9.17) is 4.74 Å². The molecule has 4 aliphatic rings. The lowest BCUT2D eigenvalue weighted by atomic mass is 9.74. The van der Waals surface area contributed by atoms with Crippen LogP contribution in [0.25, 0.3) is 0 Å². The van der Waals surface area contributed by atoms with Gasteiger partial charge in [-0.25, -0.2) is 4.39 Å². The van der Waals surface area contributed by atoms with Gasteiger partial charge < -0.3 is 20.3 Å². The zero-order valence-electron chi connectivity index (χ0n) is 22.9.